The lowest BCUT2D eigenvalue weighted by Gasteiger charge is -2.37. The summed E-state index contributed by atoms with van der Waals surface area (Å²) in [5, 5.41) is 10.4. The standard InChI is InChI=1S/C11H19N3O/c1-10-6-14(9-12-10)8-11(15)4-3-5-13(2)7-11/h6,9,15H,3-5,7-8H2,1-2H3. The Morgan fingerprint density at radius 1 is 1.60 bits per heavy atom. The molecule has 0 aromatic carbocycles. The highest BCUT2D eigenvalue weighted by Crippen LogP contribution is 2.22. The first-order valence-electron chi connectivity index (χ1n) is 5.47. The molecule has 2 rings (SSSR count). The van der Waals surface area contributed by atoms with Crippen LogP contribution in [-0.2, 0) is 6.54 Å². The summed E-state index contributed by atoms with van der Waals surface area (Å²) >= 11 is 0. The zero-order valence-corrected chi connectivity index (χ0v) is 9.48. The quantitative estimate of drug-likeness (QED) is 0.777. The molecule has 1 atom stereocenters. The SMILES string of the molecule is Cc1cn(CC2(O)CCCN(C)C2)cn1. The fourth-order valence-electron chi connectivity index (χ4n) is 2.37. The van der Waals surface area contributed by atoms with Crippen molar-refractivity contribution in [3.05, 3.63) is 18.2 Å². The molecule has 4 heteroatoms. The molecule has 15 heavy (non-hydrogen) atoms. The maximum Gasteiger partial charge on any atom is 0.0952 e. The zero-order valence-electron chi connectivity index (χ0n) is 9.48. The van der Waals surface area contributed by atoms with Crippen LogP contribution < -0.4 is 0 Å². The van der Waals surface area contributed by atoms with E-state index in [1.807, 2.05) is 17.7 Å². The van der Waals surface area contributed by atoms with Gasteiger partial charge in [0, 0.05) is 12.7 Å². The van der Waals surface area contributed by atoms with Crippen molar-refractivity contribution in [1.82, 2.24) is 14.5 Å². The Morgan fingerprint density at radius 3 is 3.00 bits per heavy atom. The Kier molecular flexibility index (Phi) is 2.80. The molecule has 1 N–H and O–H groups in total. The van der Waals surface area contributed by atoms with Gasteiger partial charge in [-0.25, -0.2) is 4.98 Å². The van der Waals surface area contributed by atoms with Crippen molar-refractivity contribution in [1.29, 1.82) is 0 Å². The van der Waals surface area contributed by atoms with E-state index in [0.717, 1.165) is 31.6 Å². The maximum absolute atomic E-state index is 10.4. The molecule has 0 saturated carbocycles. The van der Waals surface area contributed by atoms with Gasteiger partial charge in [0.25, 0.3) is 0 Å². The molecule has 1 fully saturated rings. The number of aliphatic hydroxyl groups is 1. The number of hydrogen-bond donors (Lipinski definition) is 1. The van der Waals surface area contributed by atoms with Crippen LogP contribution in [0.4, 0.5) is 0 Å². The topological polar surface area (TPSA) is 41.3 Å². The van der Waals surface area contributed by atoms with Crippen LogP contribution in [0, 0.1) is 6.92 Å². The molecule has 0 aliphatic carbocycles. The minimum atomic E-state index is -0.583. The van der Waals surface area contributed by atoms with Crippen LogP contribution in [0.5, 0.6) is 0 Å². The largest absolute Gasteiger partial charge is 0.387 e. The number of piperidine rings is 1. The molecule has 1 aliphatic heterocycles. The fraction of sp³-hybridized carbons (Fsp3) is 0.727. The molecule has 2 heterocycles. The Morgan fingerprint density at radius 2 is 2.40 bits per heavy atom. The Bertz CT molecular complexity index is 336. The van der Waals surface area contributed by atoms with E-state index in [2.05, 4.69) is 16.9 Å². The summed E-state index contributed by atoms with van der Waals surface area (Å²) in [6, 6.07) is 0. The molecule has 0 amide bonds. The minimum Gasteiger partial charge on any atom is -0.387 e. The average Bonchev–Trinajstić information content (AvgIpc) is 2.49. The fourth-order valence-corrected chi connectivity index (χ4v) is 2.37. The van der Waals surface area contributed by atoms with Gasteiger partial charge in [-0.15, -0.1) is 0 Å². The minimum absolute atomic E-state index is 0.583. The van der Waals surface area contributed by atoms with Crippen molar-refractivity contribution in [2.75, 3.05) is 20.1 Å². The van der Waals surface area contributed by atoms with Gasteiger partial charge in [0.2, 0.25) is 0 Å². The molecule has 1 aliphatic rings. The second-order valence-electron chi connectivity index (χ2n) is 4.75. The smallest absolute Gasteiger partial charge is 0.0952 e. The summed E-state index contributed by atoms with van der Waals surface area (Å²) in [6.45, 7) is 4.46. The van der Waals surface area contributed by atoms with Crippen molar-refractivity contribution in [3.63, 3.8) is 0 Å². The summed E-state index contributed by atoms with van der Waals surface area (Å²) in [7, 11) is 2.06. The molecule has 1 aromatic heterocycles. The van der Waals surface area contributed by atoms with Crippen molar-refractivity contribution >= 4 is 0 Å². The third-order valence-corrected chi connectivity index (χ3v) is 2.99. The van der Waals surface area contributed by atoms with Crippen LogP contribution in [0.2, 0.25) is 0 Å². The van der Waals surface area contributed by atoms with Gasteiger partial charge >= 0.3 is 0 Å². The summed E-state index contributed by atoms with van der Waals surface area (Å²) in [6.07, 6.45) is 5.73. The van der Waals surface area contributed by atoms with Gasteiger partial charge in [0.15, 0.2) is 0 Å². The molecule has 84 valence electrons. The van der Waals surface area contributed by atoms with E-state index in [0.29, 0.717) is 6.54 Å². The lowest BCUT2D eigenvalue weighted by Crippen LogP contribution is -2.48. The Balaban J connectivity index is 2.03. The third kappa shape index (κ3) is 2.58. The second kappa shape index (κ2) is 3.94. The van der Waals surface area contributed by atoms with E-state index >= 15 is 0 Å². The molecule has 1 aromatic rings. The molecular weight excluding hydrogens is 190 g/mol. The van der Waals surface area contributed by atoms with Crippen LogP contribution in [0.3, 0.4) is 0 Å². The number of hydrogen-bond acceptors (Lipinski definition) is 3. The number of aromatic nitrogens is 2. The molecule has 0 bridgehead atoms. The first-order chi connectivity index (χ1) is 7.07. The highest BCUT2D eigenvalue weighted by atomic mass is 16.3. The van der Waals surface area contributed by atoms with Gasteiger partial charge in [-0.2, -0.15) is 0 Å². The molecule has 1 unspecified atom stereocenters. The first-order valence-corrected chi connectivity index (χ1v) is 5.47. The van der Waals surface area contributed by atoms with Crippen molar-refractivity contribution in [2.45, 2.75) is 31.9 Å². The monoisotopic (exact) mass is 209 g/mol. The lowest BCUT2D eigenvalue weighted by atomic mass is 9.93. The number of likely N-dealkylation sites (N-methyl/N-ethyl adjacent to an activating group) is 1. The van der Waals surface area contributed by atoms with E-state index in [9.17, 15) is 5.11 Å². The normalized spacial score (nSPS) is 28.2. The predicted molar refractivity (Wildman–Crippen MR) is 58.6 cm³/mol. The third-order valence-electron chi connectivity index (χ3n) is 2.99. The average molecular weight is 209 g/mol. The number of β-amino-alcohol motifs (C(OH)–C–C–N with tert-alkyl or cyclic N) is 1. The number of aryl methyl sites for hydroxylation is 1. The van der Waals surface area contributed by atoms with Crippen molar-refractivity contribution < 1.29 is 5.11 Å². The Labute approximate surface area is 90.5 Å². The van der Waals surface area contributed by atoms with Gasteiger partial charge in [0.1, 0.15) is 0 Å². The van der Waals surface area contributed by atoms with Crippen LogP contribution in [-0.4, -0.2) is 45.3 Å². The Hall–Kier alpha value is -0.870. The highest BCUT2D eigenvalue weighted by molar-refractivity contribution is 4.95. The van der Waals surface area contributed by atoms with Crippen LogP contribution >= 0.6 is 0 Å². The lowest BCUT2D eigenvalue weighted by molar-refractivity contribution is -0.0359. The van der Waals surface area contributed by atoms with Crippen LogP contribution in [0.15, 0.2) is 12.5 Å². The predicted octanol–water partition coefficient (Wildman–Crippen LogP) is 0.648. The second-order valence-corrected chi connectivity index (χ2v) is 4.75. The van der Waals surface area contributed by atoms with Crippen LogP contribution in [0.25, 0.3) is 0 Å². The number of likely N-dealkylation sites (tertiary alicyclic amines) is 1. The van der Waals surface area contributed by atoms with E-state index in [-0.39, 0.29) is 0 Å². The van der Waals surface area contributed by atoms with Gasteiger partial charge in [0.05, 0.1) is 24.2 Å². The van der Waals surface area contributed by atoms with E-state index in [1.165, 1.54) is 0 Å². The van der Waals surface area contributed by atoms with E-state index in [4.69, 9.17) is 0 Å². The highest BCUT2D eigenvalue weighted by Gasteiger charge is 2.32. The van der Waals surface area contributed by atoms with Crippen molar-refractivity contribution in [2.24, 2.45) is 0 Å². The van der Waals surface area contributed by atoms with Gasteiger partial charge < -0.3 is 14.6 Å². The summed E-state index contributed by atoms with van der Waals surface area (Å²) < 4.78 is 1.98. The molecule has 0 spiro atoms. The van der Waals surface area contributed by atoms with Gasteiger partial charge in [-0.05, 0) is 33.4 Å². The van der Waals surface area contributed by atoms with E-state index < -0.39 is 5.60 Å². The summed E-state index contributed by atoms with van der Waals surface area (Å²) in [5.74, 6) is 0. The number of rotatable bonds is 2. The van der Waals surface area contributed by atoms with Gasteiger partial charge in [-0.3, -0.25) is 0 Å². The molecule has 4 nitrogen and oxygen atoms in total. The number of imidazole rings is 1. The maximum atomic E-state index is 10.4. The van der Waals surface area contributed by atoms with Gasteiger partial charge in [-0.1, -0.05) is 0 Å². The summed E-state index contributed by atoms with van der Waals surface area (Å²) in [4.78, 5) is 6.36. The summed E-state index contributed by atoms with van der Waals surface area (Å²) in [5.41, 5.74) is 0.419. The number of nitrogens with zero attached hydrogens (tertiary/aromatic N) is 3. The van der Waals surface area contributed by atoms with Crippen molar-refractivity contribution in [3.8, 4) is 0 Å². The molecular formula is C11H19N3O. The molecule has 0 radical (unpaired) electrons. The first kappa shape index (κ1) is 10.6. The van der Waals surface area contributed by atoms with E-state index in [1.54, 1.807) is 6.33 Å². The van der Waals surface area contributed by atoms with Crippen LogP contribution in [0.1, 0.15) is 18.5 Å². The zero-order chi connectivity index (χ0) is 10.9. The molecule has 1 saturated heterocycles.